The van der Waals surface area contributed by atoms with Gasteiger partial charge in [-0.2, -0.15) is 0 Å². The quantitative estimate of drug-likeness (QED) is 0.678. The SMILES string of the molecule is CN1C(=O)CCNCC1CC1CC1. The number of hydrogen-bond acceptors (Lipinski definition) is 2. The van der Waals surface area contributed by atoms with E-state index >= 15 is 0 Å². The van der Waals surface area contributed by atoms with Crippen LogP contribution in [0.15, 0.2) is 0 Å². The fraction of sp³-hybridized carbons (Fsp3) is 0.900. The standard InChI is InChI=1S/C10H18N2O/c1-12-9(6-8-2-3-8)7-11-5-4-10(12)13/h8-9,11H,2-7H2,1H3. The van der Waals surface area contributed by atoms with E-state index in [-0.39, 0.29) is 0 Å². The zero-order valence-electron chi connectivity index (χ0n) is 8.25. The molecule has 2 aliphatic rings. The highest BCUT2D eigenvalue weighted by Crippen LogP contribution is 2.34. The summed E-state index contributed by atoms with van der Waals surface area (Å²) in [5, 5.41) is 3.33. The lowest BCUT2D eigenvalue weighted by Gasteiger charge is -2.25. The summed E-state index contributed by atoms with van der Waals surface area (Å²) in [6.45, 7) is 1.84. The Hall–Kier alpha value is -0.570. The van der Waals surface area contributed by atoms with Crippen LogP contribution < -0.4 is 5.32 Å². The van der Waals surface area contributed by atoms with E-state index in [2.05, 4.69) is 5.32 Å². The highest BCUT2D eigenvalue weighted by molar-refractivity contribution is 5.76. The van der Waals surface area contributed by atoms with E-state index in [0.717, 1.165) is 19.0 Å². The Labute approximate surface area is 79.5 Å². The van der Waals surface area contributed by atoms with Crippen LogP contribution in [0.3, 0.4) is 0 Å². The Morgan fingerprint density at radius 1 is 1.54 bits per heavy atom. The number of carbonyl (C=O) groups excluding carboxylic acids is 1. The van der Waals surface area contributed by atoms with Gasteiger partial charge in [0, 0.05) is 32.6 Å². The van der Waals surface area contributed by atoms with Gasteiger partial charge in [0.05, 0.1) is 0 Å². The fourth-order valence-corrected chi connectivity index (χ4v) is 1.96. The van der Waals surface area contributed by atoms with Crippen molar-refractivity contribution < 1.29 is 4.79 Å². The molecule has 2 rings (SSSR count). The number of hydrogen-bond donors (Lipinski definition) is 1. The monoisotopic (exact) mass is 182 g/mol. The minimum atomic E-state index is 0.302. The van der Waals surface area contributed by atoms with Gasteiger partial charge in [0.15, 0.2) is 0 Å². The third-order valence-electron chi connectivity index (χ3n) is 3.14. The zero-order valence-corrected chi connectivity index (χ0v) is 8.25. The Kier molecular flexibility index (Phi) is 2.54. The number of nitrogens with zero attached hydrogens (tertiary/aromatic N) is 1. The predicted molar refractivity (Wildman–Crippen MR) is 51.4 cm³/mol. The van der Waals surface area contributed by atoms with Gasteiger partial charge in [-0.05, 0) is 12.3 Å². The maximum absolute atomic E-state index is 11.5. The van der Waals surface area contributed by atoms with Gasteiger partial charge >= 0.3 is 0 Å². The second-order valence-electron chi connectivity index (χ2n) is 4.29. The normalized spacial score (nSPS) is 30.4. The van der Waals surface area contributed by atoms with Crippen LogP contribution in [0.5, 0.6) is 0 Å². The summed E-state index contributed by atoms with van der Waals surface area (Å²) in [6, 6.07) is 0.447. The third kappa shape index (κ3) is 2.21. The molecule has 1 heterocycles. The first kappa shape index (κ1) is 9.00. The Morgan fingerprint density at radius 3 is 3.00 bits per heavy atom. The van der Waals surface area contributed by atoms with E-state index in [1.807, 2.05) is 11.9 Å². The van der Waals surface area contributed by atoms with Gasteiger partial charge in [-0.25, -0.2) is 0 Å². The van der Waals surface area contributed by atoms with Crippen molar-refractivity contribution in [3.05, 3.63) is 0 Å². The van der Waals surface area contributed by atoms with Crippen LogP contribution in [-0.2, 0) is 4.79 Å². The molecule has 1 aliphatic heterocycles. The minimum Gasteiger partial charge on any atom is -0.341 e. The van der Waals surface area contributed by atoms with Crippen LogP contribution in [0, 0.1) is 5.92 Å². The van der Waals surface area contributed by atoms with Crippen LogP contribution in [0.2, 0.25) is 0 Å². The molecule has 1 atom stereocenters. The molecule has 74 valence electrons. The van der Waals surface area contributed by atoms with Gasteiger partial charge < -0.3 is 10.2 Å². The topological polar surface area (TPSA) is 32.3 Å². The molecule has 0 aromatic carbocycles. The molecule has 0 aromatic rings. The van der Waals surface area contributed by atoms with Crippen LogP contribution >= 0.6 is 0 Å². The predicted octanol–water partition coefficient (Wildman–Crippen LogP) is 0.607. The number of nitrogens with one attached hydrogen (secondary N) is 1. The summed E-state index contributed by atoms with van der Waals surface area (Å²) in [5.74, 6) is 1.20. The van der Waals surface area contributed by atoms with Crippen molar-refractivity contribution in [3.63, 3.8) is 0 Å². The number of likely N-dealkylation sites (N-methyl/N-ethyl adjacent to an activating group) is 1. The van der Waals surface area contributed by atoms with Crippen molar-refractivity contribution in [2.24, 2.45) is 5.92 Å². The molecule has 1 saturated carbocycles. The van der Waals surface area contributed by atoms with Crippen LogP contribution in [-0.4, -0.2) is 37.0 Å². The second-order valence-corrected chi connectivity index (χ2v) is 4.29. The van der Waals surface area contributed by atoms with Crippen molar-refractivity contribution in [2.75, 3.05) is 20.1 Å². The molecule has 2 fully saturated rings. The van der Waals surface area contributed by atoms with E-state index in [1.165, 1.54) is 19.3 Å². The summed E-state index contributed by atoms with van der Waals surface area (Å²) in [7, 11) is 1.95. The van der Waals surface area contributed by atoms with E-state index < -0.39 is 0 Å². The van der Waals surface area contributed by atoms with Crippen LogP contribution in [0.25, 0.3) is 0 Å². The summed E-state index contributed by atoms with van der Waals surface area (Å²) in [5.41, 5.74) is 0. The van der Waals surface area contributed by atoms with Crippen molar-refractivity contribution in [1.82, 2.24) is 10.2 Å². The first-order valence-electron chi connectivity index (χ1n) is 5.24. The molecule has 1 unspecified atom stereocenters. The molecular weight excluding hydrogens is 164 g/mol. The third-order valence-corrected chi connectivity index (χ3v) is 3.14. The van der Waals surface area contributed by atoms with E-state index in [0.29, 0.717) is 18.4 Å². The van der Waals surface area contributed by atoms with E-state index in [9.17, 15) is 4.79 Å². The first-order valence-corrected chi connectivity index (χ1v) is 5.24. The van der Waals surface area contributed by atoms with Crippen molar-refractivity contribution in [3.8, 4) is 0 Å². The average molecular weight is 182 g/mol. The maximum Gasteiger partial charge on any atom is 0.223 e. The maximum atomic E-state index is 11.5. The second kappa shape index (κ2) is 3.66. The fourth-order valence-electron chi connectivity index (χ4n) is 1.96. The summed E-state index contributed by atoms with van der Waals surface area (Å²) in [6.07, 6.45) is 4.62. The lowest BCUT2D eigenvalue weighted by atomic mass is 10.1. The van der Waals surface area contributed by atoms with Gasteiger partial charge in [-0.15, -0.1) is 0 Å². The largest absolute Gasteiger partial charge is 0.341 e. The van der Waals surface area contributed by atoms with Gasteiger partial charge in [-0.1, -0.05) is 12.8 Å². The molecule has 13 heavy (non-hydrogen) atoms. The first-order chi connectivity index (χ1) is 6.27. The zero-order chi connectivity index (χ0) is 9.26. The molecule has 0 spiro atoms. The number of rotatable bonds is 2. The lowest BCUT2D eigenvalue weighted by molar-refractivity contribution is -0.131. The van der Waals surface area contributed by atoms with Crippen molar-refractivity contribution in [2.45, 2.75) is 31.7 Å². The van der Waals surface area contributed by atoms with E-state index in [1.54, 1.807) is 0 Å². The summed E-state index contributed by atoms with van der Waals surface area (Å²) in [4.78, 5) is 13.5. The van der Waals surface area contributed by atoms with E-state index in [4.69, 9.17) is 0 Å². The summed E-state index contributed by atoms with van der Waals surface area (Å²) < 4.78 is 0. The van der Waals surface area contributed by atoms with Gasteiger partial charge in [0.1, 0.15) is 0 Å². The summed E-state index contributed by atoms with van der Waals surface area (Å²) >= 11 is 0. The van der Waals surface area contributed by atoms with Crippen LogP contribution in [0.1, 0.15) is 25.7 Å². The molecule has 1 saturated heterocycles. The van der Waals surface area contributed by atoms with Gasteiger partial charge in [-0.3, -0.25) is 4.79 Å². The van der Waals surface area contributed by atoms with Crippen molar-refractivity contribution in [1.29, 1.82) is 0 Å². The Bertz CT molecular complexity index is 201. The Morgan fingerprint density at radius 2 is 2.31 bits per heavy atom. The highest BCUT2D eigenvalue weighted by Gasteiger charge is 2.30. The molecular formula is C10H18N2O. The smallest absolute Gasteiger partial charge is 0.223 e. The molecule has 0 bridgehead atoms. The van der Waals surface area contributed by atoms with Crippen LogP contribution in [0.4, 0.5) is 0 Å². The molecule has 1 N–H and O–H groups in total. The average Bonchev–Trinajstić information content (AvgIpc) is 2.91. The van der Waals surface area contributed by atoms with Gasteiger partial charge in [0.25, 0.3) is 0 Å². The molecule has 3 nitrogen and oxygen atoms in total. The molecule has 1 amide bonds. The minimum absolute atomic E-state index is 0.302. The molecule has 1 aliphatic carbocycles. The molecule has 0 aromatic heterocycles. The lowest BCUT2D eigenvalue weighted by Crippen LogP contribution is -2.39. The van der Waals surface area contributed by atoms with Crippen molar-refractivity contribution >= 4 is 5.91 Å². The van der Waals surface area contributed by atoms with Gasteiger partial charge in [0.2, 0.25) is 5.91 Å². The molecule has 0 radical (unpaired) electrons. The number of amides is 1. The molecule has 3 heteroatoms. The Balaban J connectivity index is 1.92. The highest BCUT2D eigenvalue weighted by atomic mass is 16.2. The number of carbonyl (C=O) groups is 1.